The third kappa shape index (κ3) is 3.34. The fraction of sp³-hybridized carbons (Fsp3) is 0.231. The summed E-state index contributed by atoms with van der Waals surface area (Å²) in [4.78, 5) is 28.2. The maximum absolute atomic E-state index is 11.3. The van der Waals surface area contributed by atoms with Gasteiger partial charge in [0.1, 0.15) is 17.6 Å². The highest BCUT2D eigenvalue weighted by molar-refractivity contribution is 7.09. The van der Waals surface area contributed by atoms with Crippen molar-refractivity contribution in [2.24, 2.45) is 0 Å². The molecule has 2 aromatic rings. The van der Waals surface area contributed by atoms with Crippen molar-refractivity contribution < 1.29 is 14.8 Å². The van der Waals surface area contributed by atoms with Gasteiger partial charge in [0.2, 0.25) is 0 Å². The normalized spacial score (nSPS) is 10.3. The number of pyridine rings is 1. The molecule has 110 valence electrons. The predicted octanol–water partition coefficient (Wildman–Crippen LogP) is 2.78. The molecule has 2 heterocycles. The van der Waals surface area contributed by atoms with Crippen LogP contribution < -0.4 is 4.90 Å². The summed E-state index contributed by atoms with van der Waals surface area (Å²) in [5.41, 5.74) is -0.495. The maximum atomic E-state index is 11.3. The van der Waals surface area contributed by atoms with E-state index in [0.29, 0.717) is 13.1 Å². The first-order valence-electron chi connectivity index (χ1n) is 6.18. The Morgan fingerprint density at radius 3 is 2.86 bits per heavy atom. The number of aromatic nitrogens is 1. The van der Waals surface area contributed by atoms with E-state index in [1.807, 2.05) is 24.4 Å². The summed E-state index contributed by atoms with van der Waals surface area (Å²) in [5, 5.41) is 21.9. The molecule has 8 heteroatoms. The van der Waals surface area contributed by atoms with Crippen molar-refractivity contribution in [1.29, 1.82) is 0 Å². The minimum Gasteiger partial charge on any atom is -0.478 e. The third-order valence-electron chi connectivity index (χ3n) is 2.90. The van der Waals surface area contributed by atoms with E-state index in [9.17, 15) is 20.0 Å². The summed E-state index contributed by atoms with van der Waals surface area (Å²) in [5.74, 6) is -0.991. The summed E-state index contributed by atoms with van der Waals surface area (Å²) in [6.07, 6.45) is 1.08. The zero-order valence-electron chi connectivity index (χ0n) is 11.2. The summed E-state index contributed by atoms with van der Waals surface area (Å²) in [6, 6.07) is 4.90. The Morgan fingerprint density at radius 1 is 1.57 bits per heavy atom. The van der Waals surface area contributed by atoms with Crippen LogP contribution in [0.15, 0.2) is 29.8 Å². The van der Waals surface area contributed by atoms with Gasteiger partial charge in [-0.15, -0.1) is 11.3 Å². The van der Waals surface area contributed by atoms with E-state index >= 15 is 0 Å². The lowest BCUT2D eigenvalue weighted by Crippen LogP contribution is -2.25. The molecule has 0 radical (unpaired) electrons. The topological polar surface area (TPSA) is 96.6 Å². The molecule has 0 aliphatic heterocycles. The Labute approximate surface area is 124 Å². The van der Waals surface area contributed by atoms with Crippen molar-refractivity contribution in [3.05, 3.63) is 50.3 Å². The van der Waals surface area contributed by atoms with Crippen LogP contribution >= 0.6 is 11.3 Å². The van der Waals surface area contributed by atoms with Gasteiger partial charge in [-0.1, -0.05) is 6.07 Å². The van der Waals surface area contributed by atoms with Crippen LogP contribution in [0.25, 0.3) is 0 Å². The van der Waals surface area contributed by atoms with Crippen LogP contribution in [0.4, 0.5) is 11.5 Å². The average molecular weight is 307 g/mol. The van der Waals surface area contributed by atoms with Crippen LogP contribution in [0.5, 0.6) is 0 Å². The molecule has 1 N–H and O–H groups in total. The van der Waals surface area contributed by atoms with Crippen LogP contribution in [-0.2, 0) is 6.54 Å². The number of hydrogen-bond donors (Lipinski definition) is 1. The highest BCUT2D eigenvalue weighted by atomic mass is 32.1. The van der Waals surface area contributed by atoms with Gasteiger partial charge >= 0.3 is 5.97 Å². The molecule has 2 aromatic heterocycles. The Morgan fingerprint density at radius 2 is 2.33 bits per heavy atom. The largest absolute Gasteiger partial charge is 0.478 e. The maximum Gasteiger partial charge on any atom is 0.339 e. The van der Waals surface area contributed by atoms with Crippen molar-refractivity contribution >= 4 is 28.8 Å². The SMILES string of the molecule is CCN(Cc1cccs1)c1ncc([N+](=O)[O-])cc1C(=O)O. The Balaban J connectivity index is 2.40. The zero-order valence-corrected chi connectivity index (χ0v) is 12.0. The molecular formula is C13H13N3O4S. The van der Waals surface area contributed by atoms with Gasteiger partial charge in [0, 0.05) is 17.5 Å². The van der Waals surface area contributed by atoms with Crippen LogP contribution in [-0.4, -0.2) is 27.5 Å². The van der Waals surface area contributed by atoms with E-state index in [1.54, 1.807) is 16.2 Å². The molecular weight excluding hydrogens is 294 g/mol. The first-order valence-corrected chi connectivity index (χ1v) is 7.06. The standard InChI is InChI=1S/C13H13N3O4S/c1-2-15(8-10-4-3-5-21-10)12-11(13(17)18)6-9(7-14-12)16(19)20/h3-7H,2,8H2,1H3,(H,17,18). The predicted molar refractivity (Wildman–Crippen MR) is 78.9 cm³/mol. The number of anilines is 1. The molecule has 2 rings (SSSR count). The van der Waals surface area contributed by atoms with Gasteiger partial charge in [-0.25, -0.2) is 9.78 Å². The van der Waals surface area contributed by atoms with Crippen molar-refractivity contribution in [1.82, 2.24) is 4.98 Å². The first-order chi connectivity index (χ1) is 10.0. The number of rotatable bonds is 6. The molecule has 0 aromatic carbocycles. The van der Waals surface area contributed by atoms with E-state index in [-0.39, 0.29) is 17.1 Å². The average Bonchev–Trinajstić information content (AvgIpc) is 2.97. The summed E-state index contributed by atoms with van der Waals surface area (Å²) in [7, 11) is 0. The molecule has 0 fully saturated rings. The first kappa shape index (κ1) is 14.9. The summed E-state index contributed by atoms with van der Waals surface area (Å²) in [6.45, 7) is 2.94. The van der Waals surface area contributed by atoms with Crippen LogP contribution in [0.2, 0.25) is 0 Å². The Bertz CT molecular complexity index is 657. The van der Waals surface area contributed by atoms with Gasteiger partial charge in [-0.2, -0.15) is 0 Å². The lowest BCUT2D eigenvalue weighted by molar-refractivity contribution is -0.385. The van der Waals surface area contributed by atoms with Gasteiger partial charge < -0.3 is 10.0 Å². The molecule has 7 nitrogen and oxygen atoms in total. The number of thiophene rings is 1. The molecule has 0 saturated carbocycles. The number of carboxylic acids is 1. The van der Waals surface area contributed by atoms with E-state index < -0.39 is 10.9 Å². The third-order valence-corrected chi connectivity index (χ3v) is 3.76. The number of carbonyl (C=O) groups is 1. The number of hydrogen-bond acceptors (Lipinski definition) is 6. The van der Waals surface area contributed by atoms with E-state index in [2.05, 4.69) is 4.98 Å². The molecule has 0 saturated heterocycles. The monoisotopic (exact) mass is 307 g/mol. The summed E-state index contributed by atoms with van der Waals surface area (Å²) < 4.78 is 0. The van der Waals surface area contributed by atoms with E-state index in [0.717, 1.165) is 17.1 Å². The number of aromatic carboxylic acids is 1. The molecule has 21 heavy (non-hydrogen) atoms. The van der Waals surface area contributed by atoms with Crippen LogP contribution in [0.3, 0.4) is 0 Å². The Hall–Kier alpha value is -2.48. The van der Waals surface area contributed by atoms with Gasteiger partial charge in [-0.05, 0) is 18.4 Å². The van der Waals surface area contributed by atoms with E-state index in [4.69, 9.17) is 0 Å². The highest BCUT2D eigenvalue weighted by Gasteiger charge is 2.21. The van der Waals surface area contributed by atoms with Gasteiger partial charge in [0.15, 0.2) is 0 Å². The quantitative estimate of drug-likeness (QED) is 0.651. The van der Waals surface area contributed by atoms with Crippen molar-refractivity contribution in [2.75, 3.05) is 11.4 Å². The van der Waals surface area contributed by atoms with Crippen LogP contribution in [0, 0.1) is 10.1 Å². The van der Waals surface area contributed by atoms with Crippen molar-refractivity contribution in [3.8, 4) is 0 Å². The smallest absolute Gasteiger partial charge is 0.339 e. The molecule has 0 amide bonds. The summed E-state index contributed by atoms with van der Waals surface area (Å²) >= 11 is 1.56. The fourth-order valence-corrected chi connectivity index (χ4v) is 2.60. The second-order valence-electron chi connectivity index (χ2n) is 4.22. The van der Waals surface area contributed by atoms with Crippen molar-refractivity contribution in [2.45, 2.75) is 13.5 Å². The zero-order chi connectivity index (χ0) is 15.4. The van der Waals surface area contributed by atoms with E-state index in [1.165, 1.54) is 0 Å². The lowest BCUT2D eigenvalue weighted by atomic mass is 10.2. The Kier molecular flexibility index (Phi) is 4.49. The van der Waals surface area contributed by atoms with Gasteiger partial charge in [0.25, 0.3) is 5.69 Å². The minimum absolute atomic E-state index is 0.164. The molecule has 0 atom stereocenters. The lowest BCUT2D eigenvalue weighted by Gasteiger charge is -2.22. The molecule has 0 aliphatic carbocycles. The van der Waals surface area contributed by atoms with Crippen molar-refractivity contribution in [3.63, 3.8) is 0 Å². The second-order valence-corrected chi connectivity index (χ2v) is 5.25. The molecule has 0 spiro atoms. The van der Waals surface area contributed by atoms with Gasteiger partial charge in [0.05, 0.1) is 11.5 Å². The number of carboxylic acid groups (broad SMARTS) is 1. The fourth-order valence-electron chi connectivity index (χ4n) is 1.88. The number of nitro groups is 1. The number of nitrogens with zero attached hydrogens (tertiary/aromatic N) is 3. The highest BCUT2D eigenvalue weighted by Crippen LogP contribution is 2.24. The minimum atomic E-state index is -1.23. The molecule has 0 bridgehead atoms. The van der Waals surface area contributed by atoms with Crippen LogP contribution in [0.1, 0.15) is 22.2 Å². The molecule has 0 unspecified atom stereocenters. The second kappa shape index (κ2) is 6.31. The molecule has 0 aliphatic rings. The van der Waals surface area contributed by atoms with Gasteiger partial charge in [-0.3, -0.25) is 10.1 Å².